The van der Waals surface area contributed by atoms with Gasteiger partial charge in [0.15, 0.2) is 5.13 Å². The first-order valence-electron chi connectivity index (χ1n) is 5.96. The standard InChI is InChI=1S/C11H12BrN3O2S3/c12-9-1-7-18-10(9)20(16,17)15-5-3-14(4-6-15)11-13-2-8-19-11/h1-2,7-8H,3-6H2. The Hall–Kier alpha value is -0.480. The maximum absolute atomic E-state index is 12.5. The molecule has 0 unspecified atom stereocenters. The lowest BCUT2D eigenvalue weighted by Crippen LogP contribution is -2.48. The van der Waals surface area contributed by atoms with Crippen LogP contribution in [0.4, 0.5) is 5.13 Å². The molecule has 0 aromatic carbocycles. The molecule has 0 aliphatic carbocycles. The minimum atomic E-state index is -3.38. The fourth-order valence-corrected chi connectivity index (χ4v) is 6.64. The van der Waals surface area contributed by atoms with Crippen LogP contribution in [0.5, 0.6) is 0 Å². The SMILES string of the molecule is O=S(=O)(c1sccc1Br)N1CCN(c2nccs2)CC1. The first-order valence-corrected chi connectivity index (χ1v) is 9.96. The molecule has 1 aliphatic rings. The summed E-state index contributed by atoms with van der Waals surface area (Å²) in [7, 11) is -3.38. The molecule has 5 nitrogen and oxygen atoms in total. The molecule has 9 heteroatoms. The summed E-state index contributed by atoms with van der Waals surface area (Å²) < 4.78 is 27.7. The lowest BCUT2D eigenvalue weighted by atomic mass is 10.4. The average Bonchev–Trinajstić information content (AvgIpc) is 3.10. The van der Waals surface area contributed by atoms with E-state index in [0.29, 0.717) is 34.9 Å². The van der Waals surface area contributed by atoms with Crippen LogP contribution in [0.1, 0.15) is 0 Å². The Morgan fingerprint density at radius 1 is 1.15 bits per heavy atom. The summed E-state index contributed by atoms with van der Waals surface area (Å²) in [5.41, 5.74) is 0. The minimum absolute atomic E-state index is 0.389. The number of anilines is 1. The third kappa shape index (κ3) is 2.64. The van der Waals surface area contributed by atoms with Gasteiger partial charge in [-0.1, -0.05) is 0 Å². The summed E-state index contributed by atoms with van der Waals surface area (Å²) in [6.45, 7) is 2.34. The molecule has 3 rings (SSSR count). The Kier molecular flexibility index (Phi) is 4.14. The van der Waals surface area contributed by atoms with E-state index >= 15 is 0 Å². The molecule has 0 bridgehead atoms. The summed E-state index contributed by atoms with van der Waals surface area (Å²) in [4.78, 5) is 6.39. The van der Waals surface area contributed by atoms with E-state index in [1.165, 1.54) is 11.3 Å². The molecule has 1 aliphatic heterocycles. The molecule has 0 N–H and O–H groups in total. The number of piperazine rings is 1. The Bertz CT molecular complexity index is 676. The van der Waals surface area contributed by atoms with Crippen LogP contribution < -0.4 is 4.90 Å². The zero-order chi connectivity index (χ0) is 14.2. The zero-order valence-electron chi connectivity index (χ0n) is 10.4. The summed E-state index contributed by atoms with van der Waals surface area (Å²) in [6, 6.07) is 1.77. The molecular formula is C11H12BrN3O2S3. The quantitative estimate of drug-likeness (QED) is 0.803. The second kappa shape index (κ2) is 5.72. The highest BCUT2D eigenvalue weighted by Crippen LogP contribution is 2.31. The fraction of sp³-hybridized carbons (Fsp3) is 0.364. The Morgan fingerprint density at radius 2 is 1.90 bits per heavy atom. The van der Waals surface area contributed by atoms with Crippen molar-refractivity contribution < 1.29 is 8.42 Å². The number of rotatable bonds is 3. The molecule has 2 aromatic rings. The van der Waals surface area contributed by atoms with E-state index in [1.807, 2.05) is 5.38 Å². The van der Waals surface area contributed by atoms with Gasteiger partial charge in [0.25, 0.3) is 10.0 Å². The normalized spacial score (nSPS) is 17.6. The topological polar surface area (TPSA) is 53.5 Å². The maximum atomic E-state index is 12.5. The highest BCUT2D eigenvalue weighted by atomic mass is 79.9. The van der Waals surface area contributed by atoms with E-state index in [1.54, 1.807) is 33.3 Å². The molecule has 0 saturated carbocycles. The van der Waals surface area contributed by atoms with Crippen LogP contribution in [-0.2, 0) is 10.0 Å². The van der Waals surface area contributed by atoms with E-state index in [-0.39, 0.29) is 0 Å². The van der Waals surface area contributed by atoms with Crippen LogP contribution in [0.25, 0.3) is 0 Å². The molecule has 3 heterocycles. The van der Waals surface area contributed by atoms with Crippen LogP contribution in [0.2, 0.25) is 0 Å². The maximum Gasteiger partial charge on any atom is 0.253 e. The highest BCUT2D eigenvalue weighted by Gasteiger charge is 2.31. The summed E-state index contributed by atoms with van der Waals surface area (Å²) in [6.07, 6.45) is 1.77. The largest absolute Gasteiger partial charge is 0.345 e. The third-order valence-corrected chi connectivity index (χ3v) is 8.47. The lowest BCUT2D eigenvalue weighted by molar-refractivity contribution is 0.385. The molecular weight excluding hydrogens is 382 g/mol. The van der Waals surface area contributed by atoms with Gasteiger partial charge in [-0.15, -0.1) is 22.7 Å². The molecule has 2 aromatic heterocycles. The second-order valence-electron chi connectivity index (χ2n) is 4.26. The number of thiophene rings is 1. The number of nitrogens with zero attached hydrogens (tertiary/aromatic N) is 3. The minimum Gasteiger partial charge on any atom is -0.345 e. The van der Waals surface area contributed by atoms with Crippen molar-refractivity contribution >= 4 is 53.8 Å². The van der Waals surface area contributed by atoms with Crippen LogP contribution in [0.3, 0.4) is 0 Å². The summed E-state index contributed by atoms with van der Waals surface area (Å²) >= 11 is 6.13. The predicted octanol–water partition coefficient (Wildman–Crippen LogP) is 2.48. The smallest absolute Gasteiger partial charge is 0.253 e. The van der Waals surface area contributed by atoms with Crippen molar-refractivity contribution in [1.29, 1.82) is 0 Å². The van der Waals surface area contributed by atoms with Gasteiger partial charge in [0, 0.05) is 42.2 Å². The Labute approximate surface area is 134 Å². The Morgan fingerprint density at radius 3 is 2.45 bits per heavy atom. The van der Waals surface area contributed by atoms with E-state index in [0.717, 1.165) is 5.13 Å². The van der Waals surface area contributed by atoms with E-state index in [4.69, 9.17) is 0 Å². The van der Waals surface area contributed by atoms with E-state index in [9.17, 15) is 8.42 Å². The summed E-state index contributed by atoms with van der Waals surface area (Å²) in [5.74, 6) is 0. The first kappa shape index (κ1) is 14.5. The van der Waals surface area contributed by atoms with Crippen molar-refractivity contribution in [2.75, 3.05) is 31.1 Å². The van der Waals surface area contributed by atoms with Crippen LogP contribution in [0.15, 0.2) is 31.7 Å². The molecule has 1 saturated heterocycles. The third-order valence-electron chi connectivity index (χ3n) is 3.09. The molecule has 20 heavy (non-hydrogen) atoms. The molecule has 108 valence electrons. The zero-order valence-corrected chi connectivity index (χ0v) is 14.4. The van der Waals surface area contributed by atoms with Gasteiger partial charge in [-0.25, -0.2) is 13.4 Å². The Balaban J connectivity index is 1.74. The highest BCUT2D eigenvalue weighted by molar-refractivity contribution is 9.10. The van der Waals surface area contributed by atoms with Gasteiger partial charge in [0.05, 0.1) is 0 Å². The molecule has 0 spiro atoms. The monoisotopic (exact) mass is 393 g/mol. The number of hydrogen-bond donors (Lipinski definition) is 0. The van der Waals surface area contributed by atoms with Crippen molar-refractivity contribution in [2.45, 2.75) is 4.21 Å². The van der Waals surface area contributed by atoms with E-state index < -0.39 is 10.0 Å². The van der Waals surface area contributed by atoms with Gasteiger partial charge >= 0.3 is 0 Å². The number of aromatic nitrogens is 1. The van der Waals surface area contributed by atoms with Gasteiger partial charge in [-0.2, -0.15) is 4.31 Å². The molecule has 0 radical (unpaired) electrons. The number of thiazole rings is 1. The van der Waals surface area contributed by atoms with Crippen LogP contribution in [0, 0.1) is 0 Å². The van der Waals surface area contributed by atoms with Crippen molar-refractivity contribution in [3.63, 3.8) is 0 Å². The van der Waals surface area contributed by atoms with Crippen molar-refractivity contribution in [3.05, 3.63) is 27.5 Å². The molecule has 0 atom stereocenters. The number of halogens is 1. The van der Waals surface area contributed by atoms with Gasteiger partial charge in [-0.3, -0.25) is 0 Å². The molecule has 1 fully saturated rings. The van der Waals surface area contributed by atoms with Gasteiger partial charge < -0.3 is 4.90 Å². The van der Waals surface area contributed by atoms with Crippen molar-refractivity contribution in [3.8, 4) is 0 Å². The number of sulfonamides is 1. The fourth-order valence-electron chi connectivity index (χ4n) is 2.07. The van der Waals surface area contributed by atoms with Crippen molar-refractivity contribution in [1.82, 2.24) is 9.29 Å². The van der Waals surface area contributed by atoms with E-state index in [2.05, 4.69) is 25.8 Å². The van der Waals surface area contributed by atoms with Crippen LogP contribution in [-0.4, -0.2) is 43.9 Å². The van der Waals surface area contributed by atoms with Gasteiger partial charge in [-0.05, 0) is 27.4 Å². The van der Waals surface area contributed by atoms with Crippen LogP contribution >= 0.6 is 38.6 Å². The average molecular weight is 394 g/mol. The first-order chi connectivity index (χ1) is 9.59. The van der Waals surface area contributed by atoms with Crippen molar-refractivity contribution in [2.24, 2.45) is 0 Å². The summed E-state index contributed by atoms with van der Waals surface area (Å²) in [5, 5.41) is 4.67. The molecule has 0 amide bonds. The predicted molar refractivity (Wildman–Crippen MR) is 85.1 cm³/mol. The van der Waals surface area contributed by atoms with Gasteiger partial charge in [0.1, 0.15) is 4.21 Å². The second-order valence-corrected chi connectivity index (χ2v) is 9.04. The lowest BCUT2D eigenvalue weighted by Gasteiger charge is -2.33. The number of hydrogen-bond acceptors (Lipinski definition) is 6. The van der Waals surface area contributed by atoms with Gasteiger partial charge in [0.2, 0.25) is 0 Å².